The van der Waals surface area contributed by atoms with Crippen LogP contribution in [0.3, 0.4) is 0 Å². The highest BCUT2D eigenvalue weighted by Gasteiger charge is 2.16. The number of carbonyl (C=O) groups is 2. The Bertz CT molecular complexity index is 987. The summed E-state index contributed by atoms with van der Waals surface area (Å²) in [5.41, 5.74) is 1.62. The van der Waals surface area contributed by atoms with Crippen LogP contribution in [0.25, 0.3) is 0 Å². The molecule has 0 bridgehead atoms. The molecule has 150 valence electrons. The van der Waals surface area contributed by atoms with Gasteiger partial charge in [-0.3, -0.25) is 9.59 Å². The van der Waals surface area contributed by atoms with Gasteiger partial charge in [0.2, 0.25) is 5.91 Å². The first kappa shape index (κ1) is 19.9. The number of amides is 2. The number of carbonyl (C=O) groups excluding carboxylic acids is 2. The zero-order chi connectivity index (χ0) is 20.8. The molecular formula is C20H21N5O4. The Morgan fingerprint density at radius 2 is 1.62 bits per heavy atom. The fourth-order valence-corrected chi connectivity index (χ4v) is 2.60. The molecule has 1 heterocycles. The van der Waals surface area contributed by atoms with Crippen LogP contribution in [0.15, 0.2) is 55.1 Å². The van der Waals surface area contributed by atoms with Gasteiger partial charge in [-0.1, -0.05) is 0 Å². The van der Waals surface area contributed by atoms with E-state index in [1.54, 1.807) is 49.4 Å². The van der Waals surface area contributed by atoms with Crippen LogP contribution in [-0.2, 0) is 4.79 Å². The minimum Gasteiger partial charge on any atom is -0.493 e. The van der Waals surface area contributed by atoms with E-state index in [0.29, 0.717) is 28.4 Å². The van der Waals surface area contributed by atoms with E-state index in [0.717, 1.165) is 0 Å². The lowest BCUT2D eigenvalue weighted by atomic mass is 10.1. The molecule has 0 fully saturated rings. The minimum atomic E-state index is -0.498. The first-order valence-electron chi connectivity index (χ1n) is 8.80. The first-order valence-corrected chi connectivity index (χ1v) is 8.80. The zero-order valence-corrected chi connectivity index (χ0v) is 16.2. The van der Waals surface area contributed by atoms with Gasteiger partial charge in [-0.2, -0.15) is 5.10 Å². The van der Waals surface area contributed by atoms with Crippen LogP contribution >= 0.6 is 0 Å². The zero-order valence-electron chi connectivity index (χ0n) is 16.2. The topological polar surface area (TPSA) is 107 Å². The molecule has 3 aromatic rings. The number of anilines is 2. The van der Waals surface area contributed by atoms with Gasteiger partial charge in [0.05, 0.1) is 14.2 Å². The summed E-state index contributed by atoms with van der Waals surface area (Å²) in [5.74, 6) is 0.504. The monoisotopic (exact) mass is 395 g/mol. The molecule has 0 spiro atoms. The van der Waals surface area contributed by atoms with Crippen molar-refractivity contribution in [2.45, 2.75) is 13.0 Å². The number of hydrogen-bond donors (Lipinski definition) is 2. The lowest BCUT2D eigenvalue weighted by molar-refractivity contribution is -0.119. The quantitative estimate of drug-likeness (QED) is 0.637. The van der Waals surface area contributed by atoms with Gasteiger partial charge in [0.25, 0.3) is 5.91 Å². The molecule has 0 aliphatic rings. The molecule has 9 heteroatoms. The Morgan fingerprint density at radius 1 is 0.966 bits per heavy atom. The number of rotatable bonds is 7. The maximum Gasteiger partial charge on any atom is 0.255 e. The van der Waals surface area contributed by atoms with Crippen LogP contribution < -0.4 is 20.1 Å². The summed E-state index contributed by atoms with van der Waals surface area (Å²) >= 11 is 0. The van der Waals surface area contributed by atoms with Crippen molar-refractivity contribution in [2.24, 2.45) is 0 Å². The first-order chi connectivity index (χ1) is 14.0. The van der Waals surface area contributed by atoms with Gasteiger partial charge in [0, 0.05) is 16.9 Å². The Morgan fingerprint density at radius 3 is 2.21 bits per heavy atom. The third kappa shape index (κ3) is 4.70. The van der Waals surface area contributed by atoms with Crippen molar-refractivity contribution in [1.29, 1.82) is 0 Å². The van der Waals surface area contributed by atoms with Crippen LogP contribution in [0, 0.1) is 0 Å². The van der Waals surface area contributed by atoms with Crippen LogP contribution in [0.2, 0.25) is 0 Å². The van der Waals surface area contributed by atoms with Gasteiger partial charge < -0.3 is 20.1 Å². The van der Waals surface area contributed by atoms with Gasteiger partial charge in [0.1, 0.15) is 18.7 Å². The van der Waals surface area contributed by atoms with Gasteiger partial charge in [-0.05, 0) is 49.4 Å². The second-order valence-corrected chi connectivity index (χ2v) is 6.14. The molecule has 2 aromatic carbocycles. The van der Waals surface area contributed by atoms with E-state index in [1.807, 2.05) is 0 Å². The predicted molar refractivity (Wildman–Crippen MR) is 107 cm³/mol. The van der Waals surface area contributed by atoms with Crippen molar-refractivity contribution in [3.8, 4) is 11.5 Å². The van der Waals surface area contributed by atoms with E-state index in [9.17, 15) is 9.59 Å². The predicted octanol–water partition coefficient (Wildman–Crippen LogP) is 2.75. The number of methoxy groups -OCH3 is 2. The maximum atomic E-state index is 12.5. The van der Waals surface area contributed by atoms with Crippen molar-refractivity contribution in [1.82, 2.24) is 14.8 Å². The molecule has 3 rings (SSSR count). The summed E-state index contributed by atoms with van der Waals surface area (Å²) in [6.45, 7) is 1.72. The van der Waals surface area contributed by atoms with Gasteiger partial charge in [-0.15, -0.1) is 0 Å². The van der Waals surface area contributed by atoms with Crippen molar-refractivity contribution in [2.75, 3.05) is 24.9 Å². The molecular weight excluding hydrogens is 374 g/mol. The fraction of sp³-hybridized carbons (Fsp3) is 0.200. The molecule has 1 atom stereocenters. The number of benzene rings is 2. The minimum absolute atomic E-state index is 0.224. The number of ether oxygens (including phenoxy) is 2. The molecule has 0 saturated heterocycles. The molecule has 0 radical (unpaired) electrons. The maximum absolute atomic E-state index is 12.5. The third-order valence-electron chi connectivity index (χ3n) is 4.27. The van der Waals surface area contributed by atoms with E-state index in [1.165, 1.54) is 31.6 Å². The number of nitrogens with one attached hydrogen (secondary N) is 2. The smallest absolute Gasteiger partial charge is 0.255 e. The fourth-order valence-electron chi connectivity index (χ4n) is 2.60. The Hall–Kier alpha value is -3.88. The molecule has 1 aromatic heterocycles. The summed E-state index contributed by atoms with van der Waals surface area (Å²) in [7, 11) is 3.04. The van der Waals surface area contributed by atoms with Crippen molar-refractivity contribution >= 4 is 23.2 Å². The normalized spacial score (nSPS) is 11.4. The molecule has 9 nitrogen and oxygen atoms in total. The van der Waals surface area contributed by atoms with E-state index in [-0.39, 0.29) is 11.8 Å². The molecule has 2 N–H and O–H groups in total. The van der Waals surface area contributed by atoms with Crippen molar-refractivity contribution in [3.63, 3.8) is 0 Å². The molecule has 1 unspecified atom stereocenters. The number of nitrogens with zero attached hydrogens (tertiary/aromatic N) is 3. The highest BCUT2D eigenvalue weighted by Crippen LogP contribution is 2.28. The molecule has 0 aliphatic carbocycles. The molecule has 29 heavy (non-hydrogen) atoms. The van der Waals surface area contributed by atoms with Crippen molar-refractivity contribution < 1.29 is 19.1 Å². The van der Waals surface area contributed by atoms with Crippen LogP contribution in [0.1, 0.15) is 23.3 Å². The van der Waals surface area contributed by atoms with E-state index in [2.05, 4.69) is 20.7 Å². The summed E-state index contributed by atoms with van der Waals surface area (Å²) in [6.07, 6.45) is 2.86. The summed E-state index contributed by atoms with van der Waals surface area (Å²) < 4.78 is 11.9. The SMILES string of the molecule is COc1ccc(C(=O)Nc2ccc(NC(=O)C(C)n3cncn3)cc2)cc1OC. The highest BCUT2D eigenvalue weighted by molar-refractivity contribution is 6.04. The van der Waals surface area contributed by atoms with Gasteiger partial charge >= 0.3 is 0 Å². The summed E-state index contributed by atoms with van der Waals surface area (Å²) in [4.78, 5) is 28.6. The molecule has 0 aliphatic heterocycles. The highest BCUT2D eigenvalue weighted by atomic mass is 16.5. The lowest BCUT2D eigenvalue weighted by Gasteiger charge is -2.13. The third-order valence-corrected chi connectivity index (χ3v) is 4.27. The van der Waals surface area contributed by atoms with Gasteiger partial charge in [0.15, 0.2) is 11.5 Å². The van der Waals surface area contributed by atoms with Crippen LogP contribution in [0.4, 0.5) is 11.4 Å². The summed E-state index contributed by atoms with van der Waals surface area (Å²) in [6, 6.07) is 11.2. The average Bonchev–Trinajstić information content (AvgIpc) is 3.28. The lowest BCUT2D eigenvalue weighted by Crippen LogP contribution is -2.24. The largest absolute Gasteiger partial charge is 0.493 e. The second kappa shape index (κ2) is 8.87. The van der Waals surface area contributed by atoms with E-state index >= 15 is 0 Å². The van der Waals surface area contributed by atoms with Crippen LogP contribution in [0.5, 0.6) is 11.5 Å². The van der Waals surface area contributed by atoms with E-state index < -0.39 is 6.04 Å². The Balaban J connectivity index is 1.63. The molecule has 2 amide bonds. The van der Waals surface area contributed by atoms with Crippen molar-refractivity contribution in [3.05, 3.63) is 60.7 Å². The van der Waals surface area contributed by atoms with E-state index in [4.69, 9.17) is 9.47 Å². The molecule has 0 saturated carbocycles. The van der Waals surface area contributed by atoms with Gasteiger partial charge in [-0.25, -0.2) is 9.67 Å². The summed E-state index contributed by atoms with van der Waals surface area (Å²) in [5, 5.41) is 9.56. The number of hydrogen-bond acceptors (Lipinski definition) is 6. The average molecular weight is 395 g/mol. The van der Waals surface area contributed by atoms with Crippen LogP contribution in [-0.4, -0.2) is 40.8 Å². The second-order valence-electron chi connectivity index (χ2n) is 6.14. The Kier molecular flexibility index (Phi) is 6.08. The standard InChI is InChI=1S/C20H21N5O4/c1-13(25-12-21-11-22-25)19(26)23-15-5-7-16(8-6-15)24-20(27)14-4-9-17(28-2)18(10-14)29-3/h4-13H,1-3H3,(H,23,26)(H,24,27). The Labute approximate surface area is 167 Å². The number of aromatic nitrogens is 3.